The molecule has 0 aliphatic rings. The molecule has 0 aliphatic carbocycles. The van der Waals surface area contributed by atoms with E-state index >= 15 is 0 Å². The third-order valence-electron chi connectivity index (χ3n) is 3.53. The summed E-state index contributed by atoms with van der Waals surface area (Å²) < 4.78 is 75.4. The van der Waals surface area contributed by atoms with E-state index in [1.54, 1.807) is 0 Å². The number of halogens is 4. The number of aryl methyl sites for hydroxylation is 1. The van der Waals surface area contributed by atoms with Crippen LogP contribution in [-0.4, -0.2) is 31.5 Å². The number of aromatic nitrogens is 2. The summed E-state index contributed by atoms with van der Waals surface area (Å²) in [5.74, 6) is -0.727. The van der Waals surface area contributed by atoms with Crippen molar-refractivity contribution in [3.8, 4) is 0 Å². The molecule has 136 valence electrons. The summed E-state index contributed by atoms with van der Waals surface area (Å²) in [6, 6.07) is 1.86. The summed E-state index contributed by atoms with van der Waals surface area (Å²) in [4.78, 5) is 11.1. The molecular formula is C14H14F4N4O2S. The van der Waals surface area contributed by atoms with Crippen molar-refractivity contribution in [2.24, 2.45) is 7.05 Å². The molecule has 0 unspecified atom stereocenters. The summed E-state index contributed by atoms with van der Waals surface area (Å²) in [6.45, 7) is 0. The van der Waals surface area contributed by atoms with E-state index in [0.29, 0.717) is 4.31 Å². The maximum Gasteiger partial charge on any atom is 0.409 e. The highest BCUT2D eigenvalue weighted by Gasteiger charge is 2.46. The van der Waals surface area contributed by atoms with Gasteiger partial charge in [0.25, 0.3) is 5.56 Å². The van der Waals surface area contributed by atoms with Gasteiger partial charge in [0, 0.05) is 20.2 Å². The van der Waals surface area contributed by atoms with E-state index in [4.69, 9.17) is 4.78 Å². The number of hydrogen-bond acceptors (Lipinski definition) is 4. The molecule has 1 heterocycles. The molecule has 1 N–H and O–H groups in total. The molecule has 25 heavy (non-hydrogen) atoms. The SMILES string of the molecule is CN([C@H](c1ccc(F)cc1)C(F)(F)F)[S@](=N)(=O)c1cnn(C)c(=O)c1. The summed E-state index contributed by atoms with van der Waals surface area (Å²) in [7, 11) is -2.02. The maximum absolute atomic E-state index is 13.5. The monoisotopic (exact) mass is 378 g/mol. The van der Waals surface area contributed by atoms with Crippen LogP contribution in [0.25, 0.3) is 0 Å². The smallest absolute Gasteiger partial charge is 0.268 e. The van der Waals surface area contributed by atoms with Gasteiger partial charge in [0.1, 0.15) is 21.8 Å². The summed E-state index contributed by atoms with van der Waals surface area (Å²) in [5.41, 5.74) is -1.09. The molecule has 6 nitrogen and oxygen atoms in total. The minimum Gasteiger partial charge on any atom is -0.268 e. The molecule has 2 atom stereocenters. The quantitative estimate of drug-likeness (QED) is 0.831. The van der Waals surface area contributed by atoms with Gasteiger partial charge in [-0.25, -0.2) is 22.4 Å². The first kappa shape index (κ1) is 19.1. The first-order valence-corrected chi connectivity index (χ1v) is 8.33. The zero-order chi connectivity index (χ0) is 19.0. The lowest BCUT2D eigenvalue weighted by molar-refractivity contribution is -0.170. The van der Waals surface area contributed by atoms with Gasteiger partial charge in [-0.2, -0.15) is 18.3 Å². The predicted molar refractivity (Wildman–Crippen MR) is 81.6 cm³/mol. The molecule has 1 aromatic carbocycles. The van der Waals surface area contributed by atoms with E-state index in [-0.39, 0.29) is 5.56 Å². The highest BCUT2D eigenvalue weighted by atomic mass is 32.2. The van der Waals surface area contributed by atoms with Gasteiger partial charge >= 0.3 is 6.18 Å². The molecule has 0 saturated heterocycles. The fourth-order valence-electron chi connectivity index (χ4n) is 2.17. The van der Waals surface area contributed by atoms with Crippen molar-refractivity contribution in [2.75, 3.05) is 7.05 Å². The molecule has 11 heteroatoms. The van der Waals surface area contributed by atoms with E-state index in [1.165, 1.54) is 7.05 Å². The third kappa shape index (κ3) is 3.87. The Hall–Kier alpha value is -2.27. The van der Waals surface area contributed by atoms with Crippen LogP contribution in [0.5, 0.6) is 0 Å². The third-order valence-corrected chi connectivity index (χ3v) is 5.41. The Morgan fingerprint density at radius 1 is 1.28 bits per heavy atom. The fraction of sp³-hybridized carbons (Fsp3) is 0.286. The second kappa shape index (κ2) is 6.56. The lowest BCUT2D eigenvalue weighted by atomic mass is 10.1. The molecule has 2 aromatic rings. The molecule has 1 aromatic heterocycles. The number of benzene rings is 1. The Morgan fingerprint density at radius 3 is 2.32 bits per heavy atom. The van der Waals surface area contributed by atoms with Crippen molar-refractivity contribution >= 4 is 9.92 Å². The van der Waals surface area contributed by atoms with Gasteiger partial charge < -0.3 is 0 Å². The second-order valence-electron chi connectivity index (χ2n) is 5.22. The van der Waals surface area contributed by atoms with Crippen molar-refractivity contribution in [3.63, 3.8) is 0 Å². The van der Waals surface area contributed by atoms with Gasteiger partial charge in [-0.05, 0) is 17.7 Å². The number of nitrogens with one attached hydrogen (secondary N) is 1. The van der Waals surface area contributed by atoms with Gasteiger partial charge in [-0.15, -0.1) is 0 Å². The van der Waals surface area contributed by atoms with Crippen LogP contribution in [-0.2, 0) is 17.0 Å². The van der Waals surface area contributed by atoms with Crippen LogP contribution in [0.1, 0.15) is 11.6 Å². The number of alkyl halides is 3. The molecule has 2 rings (SSSR count). The van der Waals surface area contributed by atoms with Gasteiger partial charge in [-0.3, -0.25) is 4.79 Å². The Balaban J connectivity index is 2.55. The maximum atomic E-state index is 13.5. The zero-order valence-electron chi connectivity index (χ0n) is 13.1. The molecule has 0 amide bonds. The highest BCUT2D eigenvalue weighted by molar-refractivity contribution is 7.90. The average molecular weight is 378 g/mol. The Morgan fingerprint density at radius 2 is 1.84 bits per heavy atom. The molecule has 0 spiro atoms. The molecule has 0 bridgehead atoms. The highest BCUT2D eigenvalue weighted by Crippen LogP contribution is 2.39. The van der Waals surface area contributed by atoms with Crippen LogP contribution in [0.4, 0.5) is 17.6 Å². The first-order chi connectivity index (χ1) is 11.4. The predicted octanol–water partition coefficient (Wildman–Crippen LogP) is 2.48. The van der Waals surface area contributed by atoms with Crippen molar-refractivity contribution in [1.29, 1.82) is 4.78 Å². The van der Waals surface area contributed by atoms with E-state index in [1.807, 2.05) is 0 Å². The van der Waals surface area contributed by atoms with Crippen LogP contribution in [0.2, 0.25) is 0 Å². The minimum absolute atomic E-state index is 0.302. The van der Waals surface area contributed by atoms with E-state index in [9.17, 15) is 26.6 Å². The van der Waals surface area contributed by atoms with Crippen molar-refractivity contribution in [3.05, 3.63) is 58.3 Å². The van der Waals surface area contributed by atoms with E-state index in [2.05, 4.69) is 5.10 Å². The molecule has 0 saturated carbocycles. The van der Waals surface area contributed by atoms with Gasteiger partial charge in [0.2, 0.25) is 0 Å². The number of hydrogen-bond donors (Lipinski definition) is 1. The Kier molecular flexibility index (Phi) is 5.00. The first-order valence-electron chi connectivity index (χ1n) is 6.82. The number of rotatable bonds is 4. The van der Waals surface area contributed by atoms with Crippen molar-refractivity contribution < 1.29 is 21.8 Å². The average Bonchev–Trinajstić information content (AvgIpc) is 2.50. The molecule has 0 fully saturated rings. The largest absolute Gasteiger partial charge is 0.409 e. The zero-order valence-corrected chi connectivity index (χ0v) is 13.9. The van der Waals surface area contributed by atoms with Crippen LogP contribution in [0.3, 0.4) is 0 Å². The fourth-order valence-corrected chi connectivity index (χ4v) is 3.49. The van der Waals surface area contributed by atoms with Crippen LogP contribution < -0.4 is 5.56 Å². The van der Waals surface area contributed by atoms with E-state index < -0.39 is 38.4 Å². The van der Waals surface area contributed by atoms with Crippen LogP contribution in [0, 0.1) is 10.6 Å². The van der Waals surface area contributed by atoms with Gasteiger partial charge in [-0.1, -0.05) is 12.1 Å². The topological polar surface area (TPSA) is 79.1 Å². The molecule has 0 aliphatic heterocycles. The summed E-state index contributed by atoms with van der Waals surface area (Å²) >= 11 is 0. The second-order valence-corrected chi connectivity index (χ2v) is 7.32. The Bertz CT molecular complexity index is 923. The van der Waals surface area contributed by atoms with E-state index in [0.717, 1.165) is 48.3 Å². The number of nitrogens with zero attached hydrogens (tertiary/aromatic N) is 3. The summed E-state index contributed by atoms with van der Waals surface area (Å²) in [6.07, 6.45) is -3.98. The Labute approximate surface area is 140 Å². The minimum atomic E-state index is -4.89. The molecular weight excluding hydrogens is 364 g/mol. The van der Waals surface area contributed by atoms with Crippen molar-refractivity contribution in [2.45, 2.75) is 17.1 Å². The van der Waals surface area contributed by atoms with Gasteiger partial charge in [0.05, 0.1) is 11.1 Å². The molecule has 0 radical (unpaired) electrons. The normalized spacial score (nSPS) is 15.8. The van der Waals surface area contributed by atoms with Gasteiger partial charge in [0.15, 0.2) is 0 Å². The van der Waals surface area contributed by atoms with Crippen molar-refractivity contribution in [1.82, 2.24) is 14.1 Å². The van der Waals surface area contributed by atoms with Crippen LogP contribution >= 0.6 is 0 Å². The lowest BCUT2D eigenvalue weighted by Gasteiger charge is -2.31. The van der Waals surface area contributed by atoms with Crippen LogP contribution in [0.15, 0.2) is 46.2 Å². The summed E-state index contributed by atoms with van der Waals surface area (Å²) in [5, 5.41) is 3.58. The lowest BCUT2D eigenvalue weighted by Crippen LogP contribution is -2.39. The standard InChI is InChI=1S/C14H14F4N4O2S/c1-21-12(23)7-11(8-20-21)25(19,24)22(2)13(14(16,17)18)9-3-5-10(15)6-4-9/h3-8,13,19H,1-2H3/t13-,25+/m1/s1.